The quantitative estimate of drug-likeness (QED) is 0.816. The summed E-state index contributed by atoms with van der Waals surface area (Å²) in [7, 11) is 0. The summed E-state index contributed by atoms with van der Waals surface area (Å²) in [6, 6.07) is 0. The number of alkyl halides is 2. The first-order valence-corrected chi connectivity index (χ1v) is 3.14. The van der Waals surface area contributed by atoms with E-state index in [1.54, 1.807) is 0 Å². The van der Waals surface area contributed by atoms with Crippen LogP contribution in [0.2, 0.25) is 0 Å². The highest BCUT2D eigenvalue weighted by atomic mass is 35.5. The van der Waals surface area contributed by atoms with E-state index in [2.05, 4.69) is 9.40 Å². The van der Waals surface area contributed by atoms with Gasteiger partial charge in [-0.1, -0.05) is 0 Å². The number of amides is 1. The molecule has 1 rings (SSSR count). The summed E-state index contributed by atoms with van der Waals surface area (Å²) in [5.74, 6) is -0.663. The highest BCUT2D eigenvalue weighted by Gasteiger charge is 2.10. The first-order chi connectivity index (χ1) is 5.70. The molecule has 0 saturated heterocycles. The molecule has 74 valence electrons. The summed E-state index contributed by atoms with van der Waals surface area (Å²) in [4.78, 5) is 14.3. The smallest absolute Gasteiger partial charge is 0.273 e. The van der Waals surface area contributed by atoms with Crippen LogP contribution < -0.4 is 5.32 Å². The Hall–Kier alpha value is -1.17. The van der Waals surface area contributed by atoms with E-state index in [1.165, 1.54) is 0 Å². The minimum absolute atomic E-state index is 0. The van der Waals surface area contributed by atoms with E-state index >= 15 is 0 Å². The van der Waals surface area contributed by atoms with Crippen molar-refractivity contribution in [1.29, 1.82) is 0 Å². The van der Waals surface area contributed by atoms with Crippen molar-refractivity contribution in [3.63, 3.8) is 0 Å². The molecule has 0 bridgehead atoms. The van der Waals surface area contributed by atoms with Crippen LogP contribution >= 0.6 is 12.4 Å². The Bertz CT molecular complexity index is 253. The van der Waals surface area contributed by atoms with E-state index < -0.39 is 18.9 Å². The Morgan fingerprint density at radius 2 is 2.38 bits per heavy atom. The summed E-state index contributed by atoms with van der Waals surface area (Å²) in [5.41, 5.74) is -0.00403. The molecule has 4 nitrogen and oxygen atoms in total. The van der Waals surface area contributed by atoms with E-state index in [1.807, 2.05) is 5.32 Å². The third-order valence-corrected chi connectivity index (χ3v) is 1.08. The van der Waals surface area contributed by atoms with Gasteiger partial charge in [0, 0.05) is 0 Å². The van der Waals surface area contributed by atoms with Gasteiger partial charge in [0.25, 0.3) is 12.3 Å². The fraction of sp³-hybridized carbons (Fsp3) is 0.333. The minimum atomic E-state index is -2.55. The monoisotopic (exact) mass is 212 g/mol. The largest absolute Gasteiger partial charge is 0.451 e. The highest BCUT2D eigenvalue weighted by molar-refractivity contribution is 5.91. The van der Waals surface area contributed by atoms with E-state index in [0.29, 0.717) is 0 Å². The number of oxazole rings is 1. The maximum atomic E-state index is 11.6. The summed E-state index contributed by atoms with van der Waals surface area (Å²) < 4.78 is 27.6. The van der Waals surface area contributed by atoms with Crippen LogP contribution in [0.5, 0.6) is 0 Å². The fourth-order valence-electron chi connectivity index (χ4n) is 0.585. The first-order valence-electron chi connectivity index (χ1n) is 3.14. The SMILES string of the molecule is Cl.O=C(NCC(F)F)c1cocn1. The van der Waals surface area contributed by atoms with Crippen molar-refractivity contribution in [2.24, 2.45) is 0 Å². The number of nitrogens with one attached hydrogen (secondary N) is 1. The molecule has 13 heavy (non-hydrogen) atoms. The van der Waals surface area contributed by atoms with Crippen LogP contribution in [-0.4, -0.2) is 23.9 Å². The van der Waals surface area contributed by atoms with Crippen LogP contribution in [0.4, 0.5) is 8.78 Å². The van der Waals surface area contributed by atoms with Crippen molar-refractivity contribution in [3.8, 4) is 0 Å². The van der Waals surface area contributed by atoms with Crippen molar-refractivity contribution in [2.75, 3.05) is 6.54 Å². The van der Waals surface area contributed by atoms with E-state index in [-0.39, 0.29) is 18.1 Å². The molecule has 0 aromatic carbocycles. The maximum Gasteiger partial charge on any atom is 0.273 e. The van der Waals surface area contributed by atoms with E-state index in [4.69, 9.17) is 0 Å². The molecule has 0 aliphatic carbocycles. The third kappa shape index (κ3) is 3.84. The predicted octanol–water partition coefficient (Wildman–Crippen LogP) is 1.09. The maximum absolute atomic E-state index is 11.6. The predicted molar refractivity (Wildman–Crippen MR) is 42.1 cm³/mol. The molecular weight excluding hydrogens is 206 g/mol. The summed E-state index contributed by atoms with van der Waals surface area (Å²) in [6.45, 7) is -0.675. The summed E-state index contributed by atoms with van der Waals surface area (Å²) in [5, 5.41) is 1.97. The molecule has 0 atom stereocenters. The van der Waals surface area contributed by atoms with E-state index in [9.17, 15) is 13.6 Å². The molecule has 0 aliphatic rings. The zero-order valence-electron chi connectivity index (χ0n) is 6.37. The molecule has 0 aliphatic heterocycles. The van der Waals surface area contributed by atoms with Gasteiger partial charge in [0.2, 0.25) is 0 Å². The topological polar surface area (TPSA) is 55.1 Å². The molecule has 0 unspecified atom stereocenters. The Labute approximate surface area is 78.7 Å². The van der Waals surface area contributed by atoms with Gasteiger partial charge >= 0.3 is 0 Å². The molecule has 1 heterocycles. The van der Waals surface area contributed by atoms with Gasteiger partial charge in [-0.05, 0) is 0 Å². The van der Waals surface area contributed by atoms with E-state index in [0.717, 1.165) is 12.7 Å². The normalized spacial score (nSPS) is 9.46. The average molecular weight is 213 g/mol. The third-order valence-electron chi connectivity index (χ3n) is 1.08. The number of nitrogens with zero attached hydrogens (tertiary/aromatic N) is 1. The Morgan fingerprint density at radius 1 is 1.69 bits per heavy atom. The van der Waals surface area contributed by atoms with Crippen LogP contribution in [0.3, 0.4) is 0 Å². The Morgan fingerprint density at radius 3 is 2.85 bits per heavy atom. The van der Waals surface area contributed by atoms with Gasteiger partial charge in [-0.3, -0.25) is 4.79 Å². The molecule has 1 N–H and O–H groups in total. The molecule has 1 amide bonds. The number of carbonyl (C=O) groups is 1. The van der Waals surface area contributed by atoms with Crippen molar-refractivity contribution >= 4 is 18.3 Å². The van der Waals surface area contributed by atoms with Crippen LogP contribution in [0.1, 0.15) is 10.5 Å². The molecule has 7 heteroatoms. The highest BCUT2D eigenvalue weighted by Crippen LogP contribution is 1.94. The Kier molecular flexibility index (Phi) is 4.98. The molecule has 0 saturated carbocycles. The number of halogens is 3. The van der Waals surface area contributed by atoms with Crippen molar-refractivity contribution < 1.29 is 18.0 Å². The summed E-state index contributed by atoms with van der Waals surface area (Å²) >= 11 is 0. The standard InChI is InChI=1S/C6H6F2N2O2.ClH/c7-5(8)1-9-6(11)4-2-12-3-10-4;/h2-3,5H,1H2,(H,9,11);1H. The number of rotatable bonds is 3. The second-order valence-electron chi connectivity index (χ2n) is 1.97. The Balaban J connectivity index is 0.00000144. The van der Waals surface area contributed by atoms with Crippen LogP contribution in [-0.2, 0) is 0 Å². The van der Waals surface area contributed by atoms with Gasteiger partial charge in [-0.25, -0.2) is 13.8 Å². The van der Waals surface area contributed by atoms with Gasteiger partial charge in [0.05, 0.1) is 6.54 Å². The fourth-order valence-corrected chi connectivity index (χ4v) is 0.585. The lowest BCUT2D eigenvalue weighted by Gasteiger charge is -1.99. The van der Waals surface area contributed by atoms with Crippen molar-refractivity contribution in [2.45, 2.75) is 6.43 Å². The molecule has 0 fully saturated rings. The minimum Gasteiger partial charge on any atom is -0.451 e. The van der Waals surface area contributed by atoms with Crippen LogP contribution in [0.25, 0.3) is 0 Å². The van der Waals surface area contributed by atoms with Crippen molar-refractivity contribution in [1.82, 2.24) is 10.3 Å². The second kappa shape index (κ2) is 5.47. The number of aromatic nitrogens is 1. The zero-order chi connectivity index (χ0) is 8.97. The lowest BCUT2D eigenvalue weighted by atomic mass is 10.4. The molecule has 0 spiro atoms. The number of hydrogen-bond acceptors (Lipinski definition) is 3. The second-order valence-corrected chi connectivity index (χ2v) is 1.97. The van der Waals surface area contributed by atoms with Gasteiger partial charge < -0.3 is 9.73 Å². The first kappa shape index (κ1) is 11.8. The van der Waals surface area contributed by atoms with Gasteiger partial charge in [-0.2, -0.15) is 0 Å². The van der Waals surface area contributed by atoms with Crippen LogP contribution in [0, 0.1) is 0 Å². The molecule has 0 radical (unpaired) electrons. The zero-order valence-corrected chi connectivity index (χ0v) is 7.18. The molecular formula is C6H7ClF2N2O2. The van der Waals surface area contributed by atoms with Gasteiger partial charge in [0.15, 0.2) is 12.1 Å². The average Bonchev–Trinajstić information content (AvgIpc) is 2.51. The summed E-state index contributed by atoms with van der Waals surface area (Å²) in [6.07, 6.45) is -0.418. The lowest BCUT2D eigenvalue weighted by molar-refractivity contribution is 0.0887. The molecule has 1 aromatic rings. The van der Waals surface area contributed by atoms with Crippen molar-refractivity contribution in [3.05, 3.63) is 18.4 Å². The lowest BCUT2D eigenvalue weighted by Crippen LogP contribution is -2.28. The van der Waals surface area contributed by atoms with Gasteiger partial charge in [-0.15, -0.1) is 12.4 Å². The van der Waals surface area contributed by atoms with Crippen LogP contribution in [0.15, 0.2) is 17.1 Å². The number of carbonyl (C=O) groups excluding carboxylic acids is 1. The van der Waals surface area contributed by atoms with Gasteiger partial charge in [0.1, 0.15) is 6.26 Å². The number of hydrogen-bond donors (Lipinski definition) is 1. The molecule has 1 aromatic heterocycles.